The molecule has 1 nitrogen and oxygen atoms in total. The molecule has 0 rings (SSSR count). The lowest BCUT2D eigenvalue weighted by molar-refractivity contribution is -0.145. The van der Waals surface area contributed by atoms with Gasteiger partial charge in [-0.1, -0.05) is 26.7 Å². The van der Waals surface area contributed by atoms with Gasteiger partial charge in [0, 0.05) is 0 Å². The highest BCUT2D eigenvalue weighted by atomic mass is 19.3. The lowest BCUT2D eigenvalue weighted by Gasteiger charge is -2.05. The molecule has 0 fully saturated rings. The van der Waals surface area contributed by atoms with Crippen molar-refractivity contribution in [3.8, 4) is 0 Å². The van der Waals surface area contributed by atoms with Crippen LogP contribution in [0.3, 0.4) is 0 Å². The van der Waals surface area contributed by atoms with Crippen LogP contribution < -0.4 is 0 Å². The van der Waals surface area contributed by atoms with Crippen molar-refractivity contribution in [1.29, 1.82) is 0 Å². The number of halogens is 1. The van der Waals surface area contributed by atoms with Crippen LogP contribution in [-0.2, 0) is 4.94 Å². The molecular formula is C6H13FO. The molecule has 0 N–H and O–H groups in total. The molecule has 0 aromatic heterocycles. The number of hydrogen-bond donors (Lipinski definition) is 0. The minimum Gasteiger partial charge on any atom is -0.194 e. The van der Waals surface area contributed by atoms with E-state index < -0.39 is 0 Å². The molecule has 8 heavy (non-hydrogen) atoms. The molecule has 0 aliphatic heterocycles. The minimum absolute atomic E-state index is 0.257. The van der Waals surface area contributed by atoms with E-state index in [1.807, 2.05) is 13.8 Å². The molecule has 0 saturated carbocycles. The monoisotopic (exact) mass is 120 g/mol. The first kappa shape index (κ1) is 7.89. The summed E-state index contributed by atoms with van der Waals surface area (Å²) in [6.45, 7) is 4.33. The lowest BCUT2D eigenvalue weighted by atomic mass is 10.1. The Labute approximate surface area is 49.7 Å². The maximum Gasteiger partial charge on any atom is 0.0904 e. The fourth-order valence-electron chi connectivity index (χ4n) is 0.613. The molecule has 0 unspecified atom stereocenters. The van der Waals surface area contributed by atoms with E-state index in [4.69, 9.17) is 0 Å². The molecular weight excluding hydrogens is 107 g/mol. The highest BCUT2D eigenvalue weighted by molar-refractivity contribution is 4.49. The first-order valence-electron chi connectivity index (χ1n) is 3.08. The van der Waals surface area contributed by atoms with Gasteiger partial charge < -0.3 is 0 Å². The van der Waals surface area contributed by atoms with Gasteiger partial charge in [0.05, 0.1) is 6.61 Å². The fourth-order valence-corrected chi connectivity index (χ4v) is 0.613. The van der Waals surface area contributed by atoms with Crippen LogP contribution in [0.5, 0.6) is 0 Å². The Hall–Kier alpha value is -0.110. The molecule has 0 aromatic rings. The highest BCUT2D eigenvalue weighted by Gasteiger charge is 2.01. The molecule has 0 spiro atoms. The van der Waals surface area contributed by atoms with Gasteiger partial charge in [-0.05, 0) is 10.4 Å². The average Bonchev–Trinajstić information content (AvgIpc) is 1.83. The topological polar surface area (TPSA) is 9.23 Å². The van der Waals surface area contributed by atoms with Crippen molar-refractivity contribution < 1.29 is 9.47 Å². The Kier molecular flexibility index (Phi) is 4.97. The van der Waals surface area contributed by atoms with E-state index in [0.717, 1.165) is 12.8 Å². The highest BCUT2D eigenvalue weighted by Crippen LogP contribution is 2.06. The second-order valence-corrected chi connectivity index (χ2v) is 1.96. The summed E-state index contributed by atoms with van der Waals surface area (Å²) >= 11 is 0. The van der Waals surface area contributed by atoms with E-state index in [2.05, 4.69) is 4.94 Å². The molecule has 0 amide bonds. The molecule has 0 saturated heterocycles. The Morgan fingerprint density at radius 2 is 1.88 bits per heavy atom. The van der Waals surface area contributed by atoms with Gasteiger partial charge in [-0.3, -0.25) is 0 Å². The zero-order valence-electron chi connectivity index (χ0n) is 5.48. The summed E-state index contributed by atoms with van der Waals surface area (Å²) in [5.41, 5.74) is 0. The van der Waals surface area contributed by atoms with Crippen molar-refractivity contribution in [2.24, 2.45) is 5.92 Å². The predicted molar refractivity (Wildman–Crippen MR) is 31.1 cm³/mol. The summed E-state index contributed by atoms with van der Waals surface area (Å²) in [6.07, 6.45) is 2.00. The second kappa shape index (κ2) is 5.04. The Morgan fingerprint density at radius 3 is 2.00 bits per heavy atom. The van der Waals surface area contributed by atoms with Crippen molar-refractivity contribution in [2.45, 2.75) is 26.7 Å². The zero-order valence-corrected chi connectivity index (χ0v) is 5.48. The molecule has 0 aliphatic rings. The molecule has 0 atom stereocenters. The predicted octanol–water partition coefficient (Wildman–Crippen LogP) is 2.32. The third kappa shape index (κ3) is 2.97. The quantitative estimate of drug-likeness (QED) is 0.553. The van der Waals surface area contributed by atoms with E-state index in [-0.39, 0.29) is 6.61 Å². The van der Waals surface area contributed by atoms with Crippen molar-refractivity contribution >= 4 is 0 Å². The van der Waals surface area contributed by atoms with Gasteiger partial charge in [0.25, 0.3) is 0 Å². The molecule has 0 bridgehead atoms. The molecule has 0 heterocycles. The van der Waals surface area contributed by atoms with Crippen molar-refractivity contribution in [1.82, 2.24) is 0 Å². The van der Waals surface area contributed by atoms with Crippen LogP contribution in [-0.4, -0.2) is 6.61 Å². The van der Waals surface area contributed by atoms with E-state index in [1.54, 1.807) is 0 Å². The first-order chi connectivity index (χ1) is 3.85. The van der Waals surface area contributed by atoms with Crippen LogP contribution in [0.25, 0.3) is 0 Å². The third-order valence-corrected chi connectivity index (χ3v) is 1.45. The fraction of sp³-hybridized carbons (Fsp3) is 1.00. The summed E-state index contributed by atoms with van der Waals surface area (Å²) in [4.78, 5) is 3.49. The number of hydrogen-bond acceptors (Lipinski definition) is 1. The van der Waals surface area contributed by atoms with E-state index >= 15 is 0 Å². The lowest BCUT2D eigenvalue weighted by Crippen LogP contribution is -2.02. The Balaban J connectivity index is 3.07. The smallest absolute Gasteiger partial charge is 0.0904 e. The third-order valence-electron chi connectivity index (χ3n) is 1.45. The van der Waals surface area contributed by atoms with Crippen LogP contribution in [0.15, 0.2) is 0 Å². The normalized spacial score (nSPS) is 10.5. The van der Waals surface area contributed by atoms with E-state index in [1.165, 1.54) is 0 Å². The van der Waals surface area contributed by atoms with Crippen molar-refractivity contribution in [2.75, 3.05) is 6.61 Å². The molecule has 0 aliphatic carbocycles. The van der Waals surface area contributed by atoms with Crippen LogP contribution in [0.1, 0.15) is 26.7 Å². The van der Waals surface area contributed by atoms with Gasteiger partial charge in [0.15, 0.2) is 0 Å². The maximum absolute atomic E-state index is 11.1. The summed E-state index contributed by atoms with van der Waals surface area (Å²) in [7, 11) is 0. The van der Waals surface area contributed by atoms with E-state index in [0.29, 0.717) is 5.92 Å². The summed E-state index contributed by atoms with van der Waals surface area (Å²) in [6, 6.07) is 0. The van der Waals surface area contributed by atoms with Crippen molar-refractivity contribution in [3.63, 3.8) is 0 Å². The largest absolute Gasteiger partial charge is 0.194 e. The zero-order chi connectivity index (χ0) is 6.41. The first-order valence-corrected chi connectivity index (χ1v) is 3.08. The maximum atomic E-state index is 11.1. The van der Waals surface area contributed by atoms with Gasteiger partial charge >= 0.3 is 0 Å². The minimum atomic E-state index is 0.257. The standard InChI is InChI=1S/C6H13FO/c1-3-6(4-2)5-8-7/h6H,3-5H2,1-2H3. The van der Waals surface area contributed by atoms with E-state index in [9.17, 15) is 4.53 Å². The average molecular weight is 120 g/mol. The van der Waals surface area contributed by atoms with Gasteiger partial charge in [-0.2, -0.15) is 4.94 Å². The molecule has 0 aromatic carbocycles. The van der Waals surface area contributed by atoms with Crippen LogP contribution in [0.2, 0.25) is 0 Å². The Bertz CT molecular complexity index is 43.8. The van der Waals surface area contributed by atoms with Gasteiger partial charge in [0.2, 0.25) is 0 Å². The van der Waals surface area contributed by atoms with Gasteiger partial charge in [0.1, 0.15) is 0 Å². The molecule has 0 radical (unpaired) electrons. The SMILES string of the molecule is CCC(CC)COF. The number of rotatable bonds is 4. The Morgan fingerprint density at radius 1 is 1.38 bits per heavy atom. The summed E-state index contributed by atoms with van der Waals surface area (Å²) in [5.74, 6) is 0.403. The van der Waals surface area contributed by atoms with Crippen LogP contribution >= 0.6 is 0 Å². The van der Waals surface area contributed by atoms with Crippen LogP contribution in [0, 0.1) is 5.92 Å². The molecule has 2 heteroatoms. The van der Waals surface area contributed by atoms with Gasteiger partial charge in [-0.25, -0.2) is 0 Å². The summed E-state index contributed by atoms with van der Waals surface area (Å²) in [5, 5.41) is 0. The van der Waals surface area contributed by atoms with Gasteiger partial charge in [-0.15, -0.1) is 0 Å². The summed E-state index contributed by atoms with van der Waals surface area (Å²) < 4.78 is 11.1. The second-order valence-electron chi connectivity index (χ2n) is 1.96. The molecule has 50 valence electrons. The van der Waals surface area contributed by atoms with Crippen LogP contribution in [0.4, 0.5) is 4.53 Å². The van der Waals surface area contributed by atoms with Crippen molar-refractivity contribution in [3.05, 3.63) is 0 Å².